The van der Waals surface area contributed by atoms with Crippen LogP contribution in [0.15, 0.2) is 9.85 Å². The average Bonchev–Trinajstić information content (AvgIpc) is 3.06. The van der Waals surface area contributed by atoms with Crippen LogP contribution in [0.4, 0.5) is 0 Å². The maximum atomic E-state index is 3.85. The minimum Gasteiger partial charge on any atom is -0.310 e. The van der Waals surface area contributed by atoms with Gasteiger partial charge in [-0.25, -0.2) is 0 Å². The quantitative estimate of drug-likeness (QED) is 0.766. The summed E-state index contributed by atoms with van der Waals surface area (Å²) in [6.45, 7) is 5.69. The average molecular weight is 342 g/mol. The first-order valence-electron chi connectivity index (χ1n) is 7.68. The first-order valence-corrected chi connectivity index (χ1v) is 9.29. The van der Waals surface area contributed by atoms with E-state index < -0.39 is 0 Å². The number of hydrogen-bond donors (Lipinski definition) is 1. The van der Waals surface area contributed by atoms with Crippen LogP contribution in [-0.2, 0) is 0 Å². The number of fused-ring (bicyclic) bond motifs is 2. The molecule has 1 aromatic heterocycles. The summed E-state index contributed by atoms with van der Waals surface area (Å²) in [4.78, 5) is 1.49. The van der Waals surface area contributed by atoms with E-state index in [1.807, 2.05) is 11.3 Å². The molecule has 4 unspecified atom stereocenters. The summed E-state index contributed by atoms with van der Waals surface area (Å²) in [5.41, 5.74) is 1.56. The van der Waals surface area contributed by atoms with Gasteiger partial charge in [0.25, 0.3) is 0 Å². The fourth-order valence-electron chi connectivity index (χ4n) is 4.26. The second-order valence-electron chi connectivity index (χ2n) is 6.33. The van der Waals surface area contributed by atoms with Crippen LogP contribution in [0.2, 0.25) is 0 Å². The number of rotatable bonds is 5. The Morgan fingerprint density at radius 1 is 1.42 bits per heavy atom. The fourth-order valence-corrected chi connectivity index (χ4v) is 6.02. The van der Waals surface area contributed by atoms with Gasteiger partial charge in [-0.3, -0.25) is 0 Å². The fraction of sp³-hybridized carbons (Fsp3) is 0.750. The second kappa shape index (κ2) is 5.87. The predicted octanol–water partition coefficient (Wildman–Crippen LogP) is 5.30. The molecule has 2 aliphatic carbocycles. The van der Waals surface area contributed by atoms with Crippen molar-refractivity contribution in [3.63, 3.8) is 0 Å². The molecule has 2 aliphatic rings. The van der Waals surface area contributed by atoms with Gasteiger partial charge < -0.3 is 5.32 Å². The van der Waals surface area contributed by atoms with E-state index in [2.05, 4.69) is 41.2 Å². The molecule has 2 bridgehead atoms. The van der Waals surface area contributed by atoms with Crippen molar-refractivity contribution < 1.29 is 0 Å². The standard InChI is InChI=1S/C16H24BrNS/c1-3-6-18-16(13-9-15(17)19-10(13)2)14-8-11-4-5-12(14)7-11/h9,11-12,14,16,18H,3-8H2,1-2H3. The van der Waals surface area contributed by atoms with Crippen LogP contribution in [0.5, 0.6) is 0 Å². The number of hydrogen-bond acceptors (Lipinski definition) is 2. The van der Waals surface area contributed by atoms with Crippen molar-refractivity contribution in [2.45, 2.75) is 52.0 Å². The zero-order valence-electron chi connectivity index (χ0n) is 11.9. The van der Waals surface area contributed by atoms with Crippen LogP contribution in [0.3, 0.4) is 0 Å². The van der Waals surface area contributed by atoms with Crippen molar-refractivity contribution in [3.05, 3.63) is 20.3 Å². The molecule has 1 nitrogen and oxygen atoms in total. The molecule has 2 saturated carbocycles. The Kier molecular flexibility index (Phi) is 4.35. The van der Waals surface area contributed by atoms with Crippen LogP contribution >= 0.6 is 27.3 Å². The smallest absolute Gasteiger partial charge is 0.0704 e. The Morgan fingerprint density at radius 2 is 2.26 bits per heavy atom. The highest BCUT2D eigenvalue weighted by Gasteiger charge is 2.43. The van der Waals surface area contributed by atoms with Crippen molar-refractivity contribution >= 4 is 27.3 Å². The van der Waals surface area contributed by atoms with Crippen molar-refractivity contribution in [2.75, 3.05) is 6.54 Å². The van der Waals surface area contributed by atoms with Gasteiger partial charge in [-0.05, 0) is 84.5 Å². The number of thiophene rings is 1. The summed E-state index contributed by atoms with van der Waals surface area (Å²) in [7, 11) is 0. The normalized spacial score (nSPS) is 31.0. The van der Waals surface area contributed by atoms with Crippen LogP contribution in [-0.4, -0.2) is 6.54 Å². The van der Waals surface area contributed by atoms with Gasteiger partial charge in [0.2, 0.25) is 0 Å². The molecule has 0 radical (unpaired) electrons. The van der Waals surface area contributed by atoms with Crippen molar-refractivity contribution in [1.82, 2.24) is 5.32 Å². The van der Waals surface area contributed by atoms with Crippen molar-refractivity contribution in [2.24, 2.45) is 17.8 Å². The maximum absolute atomic E-state index is 3.85. The molecule has 0 saturated heterocycles. The Morgan fingerprint density at radius 3 is 2.79 bits per heavy atom. The van der Waals surface area contributed by atoms with Gasteiger partial charge in [-0.1, -0.05) is 13.3 Å². The minimum atomic E-state index is 0.595. The van der Waals surface area contributed by atoms with Gasteiger partial charge in [0.1, 0.15) is 0 Å². The number of aryl methyl sites for hydroxylation is 1. The van der Waals surface area contributed by atoms with Crippen molar-refractivity contribution in [3.8, 4) is 0 Å². The lowest BCUT2D eigenvalue weighted by Crippen LogP contribution is -2.32. The Bertz CT molecular complexity index is 442. The zero-order chi connectivity index (χ0) is 13.4. The molecule has 3 rings (SSSR count). The molecule has 0 amide bonds. The third-order valence-corrected chi connectivity index (χ3v) is 6.67. The summed E-state index contributed by atoms with van der Waals surface area (Å²) in [5.74, 6) is 2.89. The molecule has 3 heteroatoms. The highest BCUT2D eigenvalue weighted by molar-refractivity contribution is 9.11. The second-order valence-corrected chi connectivity index (χ2v) is 8.97. The topological polar surface area (TPSA) is 12.0 Å². The Hall–Kier alpha value is 0.140. The molecular weight excluding hydrogens is 318 g/mol. The summed E-state index contributed by atoms with van der Waals surface area (Å²) in [6, 6.07) is 2.96. The molecule has 0 aliphatic heterocycles. The summed E-state index contributed by atoms with van der Waals surface area (Å²) in [5, 5.41) is 3.85. The SMILES string of the molecule is CCCNC(c1cc(Br)sc1C)C1CC2CCC1C2. The van der Waals surface area contributed by atoms with Crippen molar-refractivity contribution in [1.29, 1.82) is 0 Å². The summed E-state index contributed by atoms with van der Waals surface area (Å²) in [6.07, 6.45) is 7.15. The molecule has 2 fully saturated rings. The Balaban J connectivity index is 1.83. The van der Waals surface area contributed by atoms with Gasteiger partial charge in [0.05, 0.1) is 3.79 Å². The van der Waals surface area contributed by atoms with Gasteiger partial charge >= 0.3 is 0 Å². The third-order valence-electron chi connectivity index (χ3n) is 5.10. The van der Waals surface area contributed by atoms with E-state index in [-0.39, 0.29) is 0 Å². The molecule has 106 valence electrons. The van der Waals surface area contributed by atoms with E-state index in [4.69, 9.17) is 0 Å². The molecule has 0 aromatic carbocycles. The Labute approximate surface area is 129 Å². The lowest BCUT2D eigenvalue weighted by Gasteiger charge is -2.31. The summed E-state index contributed by atoms with van der Waals surface area (Å²) >= 11 is 5.55. The van der Waals surface area contributed by atoms with E-state index >= 15 is 0 Å². The third kappa shape index (κ3) is 2.79. The van der Waals surface area contributed by atoms with Gasteiger partial charge in [0.15, 0.2) is 0 Å². The van der Waals surface area contributed by atoms with E-state index in [9.17, 15) is 0 Å². The largest absolute Gasteiger partial charge is 0.310 e. The molecule has 1 aromatic rings. The molecular formula is C16H24BrNS. The van der Waals surface area contributed by atoms with E-state index in [1.54, 1.807) is 5.56 Å². The van der Waals surface area contributed by atoms with Crippen LogP contribution in [0.1, 0.15) is 55.5 Å². The molecule has 0 spiro atoms. The highest BCUT2D eigenvalue weighted by atomic mass is 79.9. The lowest BCUT2D eigenvalue weighted by molar-refractivity contribution is 0.250. The highest BCUT2D eigenvalue weighted by Crippen LogP contribution is 2.53. The van der Waals surface area contributed by atoms with E-state index in [1.165, 1.54) is 40.8 Å². The zero-order valence-corrected chi connectivity index (χ0v) is 14.3. The van der Waals surface area contributed by atoms with Crippen LogP contribution in [0.25, 0.3) is 0 Å². The monoisotopic (exact) mass is 341 g/mol. The number of nitrogens with one attached hydrogen (secondary N) is 1. The van der Waals surface area contributed by atoms with Gasteiger partial charge in [-0.15, -0.1) is 11.3 Å². The molecule has 4 atom stereocenters. The predicted molar refractivity (Wildman–Crippen MR) is 86.7 cm³/mol. The lowest BCUT2D eigenvalue weighted by atomic mass is 9.80. The first kappa shape index (κ1) is 14.1. The van der Waals surface area contributed by atoms with E-state index in [0.29, 0.717) is 6.04 Å². The van der Waals surface area contributed by atoms with Crippen LogP contribution in [0, 0.1) is 24.7 Å². The first-order chi connectivity index (χ1) is 9.19. The summed E-state index contributed by atoms with van der Waals surface area (Å²) < 4.78 is 1.28. The molecule has 19 heavy (non-hydrogen) atoms. The molecule has 1 N–H and O–H groups in total. The van der Waals surface area contributed by atoms with E-state index in [0.717, 1.165) is 24.3 Å². The van der Waals surface area contributed by atoms with Gasteiger partial charge in [-0.2, -0.15) is 0 Å². The van der Waals surface area contributed by atoms with Gasteiger partial charge in [0, 0.05) is 10.9 Å². The minimum absolute atomic E-state index is 0.595. The maximum Gasteiger partial charge on any atom is 0.0704 e. The number of halogens is 1. The van der Waals surface area contributed by atoms with Crippen LogP contribution < -0.4 is 5.32 Å². The molecule has 1 heterocycles.